The summed E-state index contributed by atoms with van der Waals surface area (Å²) in [6.45, 7) is 0.345. The summed E-state index contributed by atoms with van der Waals surface area (Å²) < 4.78 is 0. The molecule has 3 amide bonds. The zero-order chi connectivity index (χ0) is 17.5. The molecule has 0 atom stereocenters. The van der Waals surface area contributed by atoms with E-state index < -0.39 is 11.8 Å². The molecule has 1 aromatic carbocycles. The van der Waals surface area contributed by atoms with Crippen LogP contribution in [-0.4, -0.2) is 35.0 Å². The molecule has 1 N–H and O–H groups in total. The van der Waals surface area contributed by atoms with Gasteiger partial charge in [0.15, 0.2) is 0 Å². The second kappa shape index (κ2) is 8.66. The smallest absolute Gasteiger partial charge is 0.271 e. The van der Waals surface area contributed by atoms with Gasteiger partial charge in [-0.25, -0.2) is 0 Å². The van der Waals surface area contributed by atoms with Gasteiger partial charge in [0.25, 0.3) is 11.8 Å². The number of allylic oxidation sites excluding steroid dienone is 1. The van der Waals surface area contributed by atoms with Gasteiger partial charge >= 0.3 is 0 Å². The summed E-state index contributed by atoms with van der Waals surface area (Å²) in [7, 11) is 0. The first-order chi connectivity index (χ1) is 11.5. The van der Waals surface area contributed by atoms with Gasteiger partial charge in [-0.05, 0) is 36.6 Å². The first-order valence-corrected chi connectivity index (χ1v) is 8.28. The summed E-state index contributed by atoms with van der Waals surface area (Å²) in [5.74, 6) is -1.28. The Bertz CT molecular complexity index is 696. The highest BCUT2D eigenvalue weighted by Crippen LogP contribution is 2.16. The molecule has 126 valence electrons. The Kier molecular flexibility index (Phi) is 6.58. The lowest BCUT2D eigenvalue weighted by molar-refractivity contribution is -0.138. The molecule has 0 aromatic heterocycles. The maximum atomic E-state index is 12.2. The zero-order valence-corrected chi connectivity index (χ0v) is 14.3. The van der Waals surface area contributed by atoms with Crippen molar-refractivity contribution in [3.63, 3.8) is 0 Å². The number of hydrogen-bond donors (Lipinski definition) is 1. The number of carbonyl (C=O) groups is 3. The van der Waals surface area contributed by atoms with E-state index in [9.17, 15) is 14.4 Å². The molecule has 1 aliphatic heterocycles. The molecule has 0 fully saturated rings. The van der Waals surface area contributed by atoms with Gasteiger partial charge in [-0.1, -0.05) is 29.8 Å². The predicted octanol–water partition coefficient (Wildman–Crippen LogP) is 3.15. The van der Waals surface area contributed by atoms with Crippen LogP contribution in [0.5, 0.6) is 0 Å². The standard InChI is InChI=1S/C17H16Cl2N2O3/c18-11-15(22)20-13-7-4-12(5-8-13)6-9-16(23)21-10-2-1-3-14(19)17(21)24/h3-9H,1-2,10-11H2,(H,20,22). The Morgan fingerprint density at radius 1 is 1.25 bits per heavy atom. The van der Waals surface area contributed by atoms with Gasteiger partial charge < -0.3 is 5.32 Å². The SMILES string of the molecule is O=C(CCl)Nc1ccc(C=CC(=O)N2CCCC=C(Cl)C2=O)cc1. The van der Waals surface area contributed by atoms with E-state index in [-0.39, 0.29) is 16.8 Å². The van der Waals surface area contributed by atoms with E-state index in [1.807, 2.05) is 0 Å². The highest BCUT2D eigenvalue weighted by Gasteiger charge is 2.23. The fourth-order valence-corrected chi connectivity index (χ4v) is 2.41. The van der Waals surface area contributed by atoms with E-state index in [4.69, 9.17) is 23.2 Å². The monoisotopic (exact) mass is 366 g/mol. The lowest BCUT2D eigenvalue weighted by Crippen LogP contribution is -2.35. The summed E-state index contributed by atoms with van der Waals surface area (Å²) in [5.41, 5.74) is 1.37. The number of alkyl halides is 1. The van der Waals surface area contributed by atoms with Crippen LogP contribution < -0.4 is 5.32 Å². The molecule has 1 aliphatic rings. The third-order valence-electron chi connectivity index (χ3n) is 3.36. The van der Waals surface area contributed by atoms with Crippen molar-refractivity contribution < 1.29 is 14.4 Å². The maximum Gasteiger partial charge on any atom is 0.271 e. The molecule has 0 spiro atoms. The molecule has 1 heterocycles. The summed E-state index contributed by atoms with van der Waals surface area (Å²) in [5, 5.41) is 2.69. The minimum Gasteiger partial charge on any atom is -0.325 e. The Morgan fingerprint density at radius 3 is 2.62 bits per heavy atom. The van der Waals surface area contributed by atoms with E-state index in [0.717, 1.165) is 10.5 Å². The van der Waals surface area contributed by atoms with Crippen molar-refractivity contribution in [3.8, 4) is 0 Å². The van der Waals surface area contributed by atoms with Crippen LogP contribution >= 0.6 is 23.2 Å². The average molecular weight is 367 g/mol. The van der Waals surface area contributed by atoms with Crippen molar-refractivity contribution in [2.75, 3.05) is 17.7 Å². The second-order valence-electron chi connectivity index (χ2n) is 5.13. The molecule has 5 nitrogen and oxygen atoms in total. The van der Waals surface area contributed by atoms with Crippen LogP contribution in [0.1, 0.15) is 18.4 Å². The Labute approximate surface area is 149 Å². The number of benzene rings is 1. The number of imide groups is 1. The summed E-state index contributed by atoms with van der Waals surface area (Å²) >= 11 is 11.3. The molecule has 0 bridgehead atoms. The first kappa shape index (κ1) is 18.2. The number of carbonyl (C=O) groups excluding carboxylic acids is 3. The minimum absolute atomic E-state index is 0.0774. The third kappa shape index (κ3) is 4.94. The Balaban J connectivity index is 2.02. The number of halogens is 2. The van der Waals surface area contributed by atoms with Gasteiger partial charge in [0.05, 0.1) is 0 Å². The van der Waals surface area contributed by atoms with Crippen LogP contribution in [0, 0.1) is 0 Å². The van der Waals surface area contributed by atoms with Crippen LogP contribution in [0.2, 0.25) is 0 Å². The highest BCUT2D eigenvalue weighted by molar-refractivity contribution is 6.43. The normalized spacial score (nSPS) is 15.2. The minimum atomic E-state index is -0.469. The third-order valence-corrected chi connectivity index (χ3v) is 3.92. The first-order valence-electron chi connectivity index (χ1n) is 7.36. The van der Waals surface area contributed by atoms with Crippen LogP contribution in [0.25, 0.3) is 6.08 Å². The Hall–Kier alpha value is -2.11. The highest BCUT2D eigenvalue weighted by atomic mass is 35.5. The molecule has 0 aliphatic carbocycles. The van der Waals surface area contributed by atoms with Crippen molar-refractivity contribution >= 4 is 52.7 Å². The van der Waals surface area contributed by atoms with Gasteiger partial charge in [0, 0.05) is 18.3 Å². The van der Waals surface area contributed by atoms with Crippen molar-refractivity contribution in [2.24, 2.45) is 0 Å². The van der Waals surface area contributed by atoms with Crippen molar-refractivity contribution in [1.29, 1.82) is 0 Å². The van der Waals surface area contributed by atoms with Crippen LogP contribution in [-0.2, 0) is 14.4 Å². The lowest BCUT2D eigenvalue weighted by Gasteiger charge is -2.16. The molecular weight excluding hydrogens is 351 g/mol. The number of anilines is 1. The topological polar surface area (TPSA) is 66.5 Å². The van der Waals surface area contributed by atoms with Crippen LogP contribution in [0.15, 0.2) is 41.4 Å². The second-order valence-corrected chi connectivity index (χ2v) is 5.80. The van der Waals surface area contributed by atoms with Gasteiger partial charge in [-0.3, -0.25) is 19.3 Å². The molecule has 0 saturated heterocycles. The van der Waals surface area contributed by atoms with Crippen molar-refractivity contribution in [1.82, 2.24) is 4.90 Å². The molecule has 24 heavy (non-hydrogen) atoms. The molecule has 0 unspecified atom stereocenters. The quantitative estimate of drug-likeness (QED) is 0.657. The zero-order valence-electron chi connectivity index (χ0n) is 12.8. The van der Waals surface area contributed by atoms with Crippen LogP contribution in [0.4, 0.5) is 5.69 Å². The van der Waals surface area contributed by atoms with Gasteiger partial charge in [-0.2, -0.15) is 0 Å². The average Bonchev–Trinajstić information content (AvgIpc) is 2.75. The number of amides is 3. The lowest BCUT2D eigenvalue weighted by atomic mass is 10.2. The summed E-state index contributed by atoms with van der Waals surface area (Å²) in [6.07, 6.45) is 5.93. The molecule has 2 rings (SSSR count). The molecule has 1 aromatic rings. The number of rotatable bonds is 4. The fourth-order valence-electron chi connectivity index (χ4n) is 2.14. The van der Waals surface area contributed by atoms with Gasteiger partial charge in [-0.15, -0.1) is 11.6 Å². The number of nitrogens with zero attached hydrogens (tertiary/aromatic N) is 1. The van der Waals surface area contributed by atoms with Gasteiger partial charge in [0.1, 0.15) is 10.9 Å². The number of nitrogens with one attached hydrogen (secondary N) is 1. The van der Waals surface area contributed by atoms with Crippen molar-refractivity contribution in [2.45, 2.75) is 12.8 Å². The predicted molar refractivity (Wildman–Crippen MR) is 94.7 cm³/mol. The van der Waals surface area contributed by atoms with E-state index in [1.54, 1.807) is 36.4 Å². The molecule has 7 heteroatoms. The van der Waals surface area contributed by atoms with Crippen molar-refractivity contribution in [3.05, 3.63) is 47.0 Å². The summed E-state index contributed by atoms with van der Waals surface area (Å²) in [6, 6.07) is 6.88. The van der Waals surface area contributed by atoms with Gasteiger partial charge in [0.2, 0.25) is 5.91 Å². The van der Waals surface area contributed by atoms with E-state index in [1.165, 1.54) is 6.08 Å². The van der Waals surface area contributed by atoms with E-state index in [0.29, 0.717) is 25.1 Å². The van der Waals surface area contributed by atoms with E-state index in [2.05, 4.69) is 5.32 Å². The molecule has 0 saturated carbocycles. The molecular formula is C17H16Cl2N2O3. The van der Waals surface area contributed by atoms with E-state index >= 15 is 0 Å². The number of hydrogen-bond acceptors (Lipinski definition) is 3. The Morgan fingerprint density at radius 2 is 1.96 bits per heavy atom. The largest absolute Gasteiger partial charge is 0.325 e. The maximum absolute atomic E-state index is 12.2. The van der Waals surface area contributed by atoms with Crippen LogP contribution in [0.3, 0.4) is 0 Å². The summed E-state index contributed by atoms with van der Waals surface area (Å²) in [4.78, 5) is 36.5. The fraction of sp³-hybridized carbons (Fsp3) is 0.235. The molecule has 0 radical (unpaired) electrons.